The Morgan fingerprint density at radius 3 is 1.90 bits per heavy atom. The van der Waals surface area contributed by atoms with Gasteiger partial charge in [-0.25, -0.2) is 0 Å². The molecule has 0 aromatic carbocycles. The van der Waals surface area contributed by atoms with Crippen LogP contribution in [0.5, 0.6) is 0 Å². The molecule has 0 rings (SSSR count). The zero-order valence-electron chi connectivity index (χ0n) is 14.1. The van der Waals surface area contributed by atoms with Gasteiger partial charge >= 0.3 is 0 Å². The third kappa shape index (κ3) is 7.63. The van der Waals surface area contributed by atoms with E-state index in [9.17, 15) is 9.59 Å². The molecule has 0 radical (unpaired) electrons. The Balaban J connectivity index is 4.43. The zero-order valence-corrected chi connectivity index (χ0v) is 14.1. The molecule has 0 fully saturated rings. The van der Waals surface area contributed by atoms with Crippen LogP contribution in [-0.4, -0.2) is 30.3 Å². The Kier molecular flexibility index (Phi) is 8.70. The first-order valence-corrected chi connectivity index (χ1v) is 7.71. The molecule has 0 saturated carbocycles. The predicted octanol–water partition coefficient (Wildman–Crippen LogP) is 2.38. The first kappa shape index (κ1) is 19.1. The molecule has 0 saturated heterocycles. The van der Waals surface area contributed by atoms with Gasteiger partial charge in [-0.3, -0.25) is 9.59 Å². The van der Waals surface area contributed by atoms with Crippen LogP contribution < -0.4 is 10.6 Å². The van der Waals surface area contributed by atoms with Crippen molar-refractivity contribution in [3.8, 4) is 0 Å². The van der Waals surface area contributed by atoms with Crippen molar-refractivity contribution < 1.29 is 9.59 Å². The van der Waals surface area contributed by atoms with Crippen LogP contribution in [0, 0.1) is 17.8 Å². The quantitative estimate of drug-likeness (QED) is 0.683. The minimum absolute atomic E-state index is 0.0286. The minimum atomic E-state index is -0.267. The lowest BCUT2D eigenvalue weighted by molar-refractivity contribution is -0.130. The fraction of sp³-hybridized carbons (Fsp3) is 0.875. The number of amides is 1. The average Bonchev–Trinajstić information content (AvgIpc) is 2.31. The van der Waals surface area contributed by atoms with Crippen LogP contribution in [0.1, 0.15) is 54.9 Å². The largest absolute Gasteiger partial charge is 0.356 e. The highest BCUT2D eigenvalue weighted by atomic mass is 16.2. The van der Waals surface area contributed by atoms with E-state index >= 15 is 0 Å². The predicted molar refractivity (Wildman–Crippen MR) is 83.5 cm³/mol. The lowest BCUT2D eigenvalue weighted by Crippen LogP contribution is -2.45. The maximum atomic E-state index is 12.3. The second-order valence-electron chi connectivity index (χ2n) is 6.75. The van der Waals surface area contributed by atoms with Crippen LogP contribution in [0.4, 0.5) is 0 Å². The van der Waals surface area contributed by atoms with Gasteiger partial charge in [-0.15, -0.1) is 0 Å². The average molecular weight is 284 g/mol. The summed E-state index contributed by atoms with van der Waals surface area (Å²) in [6.07, 6.45) is 0.298. The first-order valence-electron chi connectivity index (χ1n) is 7.71. The number of hydrogen-bond acceptors (Lipinski definition) is 3. The van der Waals surface area contributed by atoms with E-state index < -0.39 is 0 Å². The molecular weight excluding hydrogens is 252 g/mol. The third-order valence-electron chi connectivity index (χ3n) is 3.17. The van der Waals surface area contributed by atoms with Gasteiger partial charge in [0.05, 0.1) is 6.04 Å². The molecule has 0 aliphatic rings. The van der Waals surface area contributed by atoms with Gasteiger partial charge < -0.3 is 10.6 Å². The molecule has 20 heavy (non-hydrogen) atoms. The van der Waals surface area contributed by atoms with Gasteiger partial charge in [0, 0.05) is 24.9 Å². The van der Waals surface area contributed by atoms with Crippen molar-refractivity contribution >= 4 is 11.7 Å². The highest BCUT2D eigenvalue weighted by Crippen LogP contribution is 2.11. The Labute approximate surface area is 124 Å². The molecule has 118 valence electrons. The summed E-state index contributed by atoms with van der Waals surface area (Å²) in [5.41, 5.74) is 0. The molecule has 0 aromatic heterocycles. The molecule has 2 atom stereocenters. The van der Waals surface area contributed by atoms with Crippen molar-refractivity contribution in [1.82, 2.24) is 10.6 Å². The van der Waals surface area contributed by atoms with Crippen molar-refractivity contribution in [1.29, 1.82) is 0 Å². The summed E-state index contributed by atoms with van der Waals surface area (Å²) in [7, 11) is 0. The third-order valence-corrected chi connectivity index (χ3v) is 3.17. The van der Waals surface area contributed by atoms with Crippen LogP contribution >= 0.6 is 0 Å². The summed E-state index contributed by atoms with van der Waals surface area (Å²) in [6.45, 7) is 14.7. The smallest absolute Gasteiger partial charge is 0.223 e. The SMILES string of the molecule is CC(C)CNC(=O)[C@H](C)CC(=O)[C@@H](NC(C)C)C(C)C. The topological polar surface area (TPSA) is 58.2 Å². The molecule has 4 heteroatoms. The maximum absolute atomic E-state index is 12.3. The monoisotopic (exact) mass is 284 g/mol. The Hall–Kier alpha value is -0.900. The van der Waals surface area contributed by atoms with Crippen molar-refractivity contribution in [3.63, 3.8) is 0 Å². The highest BCUT2D eigenvalue weighted by molar-refractivity contribution is 5.89. The summed E-state index contributed by atoms with van der Waals surface area (Å²) in [5.74, 6) is 0.486. The number of rotatable bonds is 9. The summed E-state index contributed by atoms with van der Waals surface area (Å²) < 4.78 is 0. The Morgan fingerprint density at radius 1 is 0.950 bits per heavy atom. The number of carbonyl (C=O) groups excluding carboxylic acids is 2. The van der Waals surface area contributed by atoms with Crippen LogP contribution in [0.15, 0.2) is 0 Å². The van der Waals surface area contributed by atoms with Gasteiger partial charge in [0.15, 0.2) is 5.78 Å². The number of hydrogen-bond donors (Lipinski definition) is 2. The van der Waals surface area contributed by atoms with E-state index in [4.69, 9.17) is 0 Å². The summed E-state index contributed by atoms with van der Waals surface area (Å²) >= 11 is 0. The van der Waals surface area contributed by atoms with E-state index in [-0.39, 0.29) is 35.6 Å². The van der Waals surface area contributed by atoms with Crippen LogP contribution in [-0.2, 0) is 9.59 Å². The van der Waals surface area contributed by atoms with E-state index in [0.717, 1.165) is 0 Å². The van der Waals surface area contributed by atoms with Crippen molar-refractivity contribution in [3.05, 3.63) is 0 Å². The minimum Gasteiger partial charge on any atom is -0.356 e. The number of nitrogens with one attached hydrogen (secondary N) is 2. The lowest BCUT2D eigenvalue weighted by Gasteiger charge is -2.24. The van der Waals surface area contributed by atoms with E-state index in [1.54, 1.807) is 0 Å². The van der Waals surface area contributed by atoms with Crippen molar-refractivity contribution in [2.75, 3.05) is 6.54 Å². The molecule has 0 aromatic rings. The van der Waals surface area contributed by atoms with Crippen LogP contribution in [0.25, 0.3) is 0 Å². The standard InChI is InChI=1S/C16H32N2O2/c1-10(2)9-17-16(20)13(7)8-14(19)15(11(3)4)18-12(5)6/h10-13,15,18H,8-9H2,1-7H3,(H,17,20)/t13-,15+/m1/s1. The molecule has 0 heterocycles. The van der Waals surface area contributed by atoms with Gasteiger partial charge in [0.2, 0.25) is 5.91 Å². The molecule has 0 unspecified atom stereocenters. The lowest BCUT2D eigenvalue weighted by atomic mass is 9.92. The first-order chi connectivity index (χ1) is 9.15. The summed E-state index contributed by atoms with van der Waals surface area (Å²) in [4.78, 5) is 24.2. The van der Waals surface area contributed by atoms with E-state index in [1.165, 1.54) is 0 Å². The molecule has 0 bridgehead atoms. The molecule has 0 spiro atoms. The second kappa shape index (κ2) is 9.11. The summed E-state index contributed by atoms with van der Waals surface area (Å²) in [5, 5.41) is 6.18. The van der Waals surface area contributed by atoms with Gasteiger partial charge in [0.25, 0.3) is 0 Å². The van der Waals surface area contributed by atoms with E-state index in [1.807, 2.05) is 34.6 Å². The van der Waals surface area contributed by atoms with E-state index in [2.05, 4.69) is 24.5 Å². The van der Waals surface area contributed by atoms with Crippen molar-refractivity contribution in [2.24, 2.45) is 17.8 Å². The highest BCUT2D eigenvalue weighted by Gasteiger charge is 2.26. The van der Waals surface area contributed by atoms with Gasteiger partial charge in [-0.1, -0.05) is 48.5 Å². The van der Waals surface area contributed by atoms with Gasteiger partial charge in [-0.05, 0) is 11.8 Å². The second-order valence-corrected chi connectivity index (χ2v) is 6.75. The summed E-state index contributed by atoms with van der Waals surface area (Å²) in [6, 6.07) is 0.0896. The fourth-order valence-corrected chi connectivity index (χ4v) is 2.02. The maximum Gasteiger partial charge on any atom is 0.223 e. The fourth-order valence-electron chi connectivity index (χ4n) is 2.02. The molecule has 2 N–H and O–H groups in total. The van der Waals surface area contributed by atoms with Crippen LogP contribution in [0.3, 0.4) is 0 Å². The normalized spacial score (nSPS) is 14.7. The Bertz CT molecular complexity index is 312. The number of carbonyl (C=O) groups is 2. The molecule has 0 aliphatic heterocycles. The molecular formula is C16H32N2O2. The van der Waals surface area contributed by atoms with Gasteiger partial charge in [0.1, 0.15) is 0 Å². The van der Waals surface area contributed by atoms with Gasteiger partial charge in [-0.2, -0.15) is 0 Å². The van der Waals surface area contributed by atoms with Crippen LogP contribution in [0.2, 0.25) is 0 Å². The number of Topliss-reactive ketones (excluding diaryl/α,β-unsaturated/α-hetero) is 1. The van der Waals surface area contributed by atoms with Crippen molar-refractivity contribution in [2.45, 2.75) is 67.0 Å². The zero-order chi connectivity index (χ0) is 15.9. The molecule has 4 nitrogen and oxygen atoms in total. The Morgan fingerprint density at radius 2 is 1.50 bits per heavy atom. The number of ketones is 1. The molecule has 1 amide bonds. The molecule has 0 aliphatic carbocycles. The van der Waals surface area contributed by atoms with E-state index in [0.29, 0.717) is 18.9 Å².